The minimum absolute atomic E-state index is 0.0151. The van der Waals surface area contributed by atoms with Crippen molar-refractivity contribution in [2.45, 2.75) is 70.9 Å². The van der Waals surface area contributed by atoms with Crippen LogP contribution in [0.2, 0.25) is 0 Å². The summed E-state index contributed by atoms with van der Waals surface area (Å²) in [5.41, 5.74) is 2.77. The second-order valence-electron chi connectivity index (χ2n) is 8.43. The normalized spacial score (nSPS) is 28.2. The first-order valence-corrected chi connectivity index (χ1v) is 8.79. The van der Waals surface area contributed by atoms with E-state index in [0.29, 0.717) is 12.0 Å². The van der Waals surface area contributed by atoms with Crippen molar-refractivity contribution >= 4 is 6.09 Å². The summed E-state index contributed by atoms with van der Waals surface area (Å²) >= 11 is 0. The van der Waals surface area contributed by atoms with Gasteiger partial charge in [-0.05, 0) is 70.3 Å². The van der Waals surface area contributed by atoms with E-state index in [0.717, 1.165) is 12.8 Å². The zero-order valence-corrected chi connectivity index (χ0v) is 14.6. The lowest BCUT2D eigenvalue weighted by Crippen LogP contribution is -2.41. The first-order valence-electron chi connectivity index (χ1n) is 8.79. The van der Waals surface area contributed by atoms with E-state index in [1.54, 1.807) is 4.90 Å². The first-order chi connectivity index (χ1) is 10.8. The average Bonchev–Trinajstić information content (AvgIpc) is 3.09. The largest absolute Gasteiger partial charge is 0.444 e. The third-order valence-corrected chi connectivity index (χ3v) is 5.24. The molecule has 4 nitrogen and oxygen atoms in total. The van der Waals surface area contributed by atoms with Crippen LogP contribution in [0.15, 0.2) is 23.3 Å². The van der Waals surface area contributed by atoms with Crippen molar-refractivity contribution in [1.82, 2.24) is 4.90 Å². The molecule has 4 heteroatoms. The third-order valence-electron chi connectivity index (χ3n) is 5.24. The maximum atomic E-state index is 12.3. The van der Waals surface area contributed by atoms with Gasteiger partial charge in [0.2, 0.25) is 0 Å². The maximum Gasteiger partial charge on any atom is 0.410 e. The molecule has 1 spiro atoms. The van der Waals surface area contributed by atoms with Crippen molar-refractivity contribution in [3.8, 4) is 0 Å². The van der Waals surface area contributed by atoms with Crippen LogP contribution in [-0.4, -0.2) is 40.9 Å². The van der Waals surface area contributed by atoms with Gasteiger partial charge in [0.1, 0.15) is 5.60 Å². The Morgan fingerprint density at radius 1 is 1.43 bits per heavy atom. The molecule has 0 radical (unpaired) electrons. The molecule has 1 saturated heterocycles. The molecule has 128 valence electrons. The molecule has 0 aromatic heterocycles. The molecule has 23 heavy (non-hydrogen) atoms. The van der Waals surface area contributed by atoms with Gasteiger partial charge in [0.05, 0.1) is 12.6 Å². The lowest BCUT2D eigenvalue weighted by Gasteiger charge is -2.27. The van der Waals surface area contributed by atoms with Crippen LogP contribution in [0.3, 0.4) is 0 Å². The van der Waals surface area contributed by atoms with Crippen molar-refractivity contribution in [3.05, 3.63) is 23.3 Å². The van der Waals surface area contributed by atoms with Gasteiger partial charge in [-0.15, -0.1) is 0 Å². The van der Waals surface area contributed by atoms with Crippen LogP contribution in [0, 0.1) is 5.41 Å². The van der Waals surface area contributed by atoms with Crippen LogP contribution in [0.1, 0.15) is 59.3 Å². The van der Waals surface area contributed by atoms with E-state index in [4.69, 9.17) is 4.74 Å². The highest BCUT2D eigenvalue weighted by molar-refractivity contribution is 5.70. The number of allylic oxidation sites excluding steroid dienone is 3. The van der Waals surface area contributed by atoms with Gasteiger partial charge >= 0.3 is 6.09 Å². The van der Waals surface area contributed by atoms with Gasteiger partial charge in [0.25, 0.3) is 0 Å². The van der Waals surface area contributed by atoms with E-state index in [-0.39, 0.29) is 18.7 Å². The highest BCUT2D eigenvalue weighted by Crippen LogP contribution is 2.55. The summed E-state index contributed by atoms with van der Waals surface area (Å²) < 4.78 is 5.46. The maximum absolute atomic E-state index is 12.3. The Morgan fingerprint density at radius 3 is 2.70 bits per heavy atom. The molecule has 1 heterocycles. The summed E-state index contributed by atoms with van der Waals surface area (Å²) in [7, 11) is 0. The van der Waals surface area contributed by atoms with Gasteiger partial charge in [-0.1, -0.05) is 17.7 Å². The van der Waals surface area contributed by atoms with Crippen LogP contribution in [0.4, 0.5) is 4.79 Å². The number of aliphatic hydroxyl groups is 1. The monoisotopic (exact) mass is 319 g/mol. The molecule has 2 aliphatic carbocycles. The molecule has 1 aliphatic heterocycles. The average molecular weight is 319 g/mol. The lowest BCUT2D eigenvalue weighted by molar-refractivity contribution is 0.0178. The highest BCUT2D eigenvalue weighted by atomic mass is 16.6. The number of ether oxygens (including phenoxy) is 1. The number of carbonyl (C=O) groups is 1. The third kappa shape index (κ3) is 3.97. The second kappa shape index (κ2) is 5.97. The number of rotatable bonds is 2. The molecule has 2 fully saturated rings. The number of nitrogens with zero attached hydrogens (tertiary/aromatic N) is 1. The lowest BCUT2D eigenvalue weighted by atomic mass is 9.86. The Kier molecular flexibility index (Phi) is 4.30. The minimum Gasteiger partial charge on any atom is -0.444 e. The fourth-order valence-corrected chi connectivity index (χ4v) is 3.61. The van der Waals surface area contributed by atoms with Crippen LogP contribution in [0.5, 0.6) is 0 Å². The summed E-state index contributed by atoms with van der Waals surface area (Å²) in [6, 6.07) is -0.157. The van der Waals surface area contributed by atoms with Gasteiger partial charge in [-0.3, -0.25) is 4.90 Å². The van der Waals surface area contributed by atoms with Crippen molar-refractivity contribution in [2.75, 3.05) is 13.2 Å². The van der Waals surface area contributed by atoms with E-state index in [2.05, 4.69) is 12.2 Å². The molecule has 1 saturated carbocycles. The van der Waals surface area contributed by atoms with Crippen molar-refractivity contribution < 1.29 is 14.6 Å². The molecule has 1 amide bonds. The Balaban J connectivity index is 1.65. The van der Waals surface area contributed by atoms with Crippen molar-refractivity contribution in [1.29, 1.82) is 0 Å². The zero-order chi connectivity index (χ0) is 16.7. The van der Waals surface area contributed by atoms with E-state index in [1.807, 2.05) is 20.8 Å². The number of carbonyl (C=O) groups excluding carboxylic acids is 1. The van der Waals surface area contributed by atoms with Gasteiger partial charge < -0.3 is 9.84 Å². The van der Waals surface area contributed by atoms with Gasteiger partial charge in [-0.2, -0.15) is 0 Å². The second-order valence-corrected chi connectivity index (χ2v) is 8.43. The molecule has 0 aromatic carbocycles. The van der Waals surface area contributed by atoms with Crippen LogP contribution in [0.25, 0.3) is 0 Å². The standard InChI is InChI=1S/C19H29NO3/c1-18(2,3)23-17(22)20-12-15(11-16(20)13-21)10-14-4-6-19(7-5-14)8-9-19/h4,10,16,21H,5-9,11-13H2,1-3H3/b15-10-/t16-/m0/s1. The predicted octanol–water partition coefficient (Wildman–Crippen LogP) is 3.81. The molecule has 0 unspecified atom stereocenters. The summed E-state index contributed by atoms with van der Waals surface area (Å²) in [4.78, 5) is 14.0. The molecule has 3 aliphatic rings. The Hall–Kier alpha value is -1.29. The van der Waals surface area contributed by atoms with E-state index < -0.39 is 5.60 Å². The first kappa shape index (κ1) is 16.6. The fourth-order valence-electron chi connectivity index (χ4n) is 3.61. The molecule has 1 atom stereocenters. The topological polar surface area (TPSA) is 49.8 Å². The summed E-state index contributed by atoms with van der Waals surface area (Å²) in [5, 5.41) is 9.59. The summed E-state index contributed by atoms with van der Waals surface area (Å²) in [6.07, 6.45) is 11.5. The molecule has 1 N–H and O–H groups in total. The van der Waals surface area contributed by atoms with Crippen molar-refractivity contribution in [3.63, 3.8) is 0 Å². The van der Waals surface area contributed by atoms with Gasteiger partial charge in [-0.25, -0.2) is 4.79 Å². The zero-order valence-electron chi connectivity index (χ0n) is 14.6. The molecular formula is C19H29NO3. The number of hydrogen-bond donors (Lipinski definition) is 1. The SMILES string of the molecule is CC(C)(C)OC(=O)N1C/C(=C\C2=CCC3(CC2)CC3)C[C@H]1CO. The number of likely N-dealkylation sites (tertiary alicyclic amines) is 1. The minimum atomic E-state index is -0.506. The van der Waals surface area contributed by atoms with Gasteiger partial charge in [0, 0.05) is 6.54 Å². The molecular weight excluding hydrogens is 290 g/mol. The number of hydrogen-bond acceptors (Lipinski definition) is 3. The van der Waals surface area contributed by atoms with E-state index in [9.17, 15) is 9.90 Å². The molecule has 0 bridgehead atoms. The van der Waals surface area contributed by atoms with Crippen molar-refractivity contribution in [2.24, 2.45) is 5.41 Å². The number of aliphatic hydroxyl groups excluding tert-OH is 1. The van der Waals surface area contributed by atoms with Crippen LogP contribution in [-0.2, 0) is 4.74 Å². The van der Waals surface area contributed by atoms with E-state index >= 15 is 0 Å². The molecule has 3 rings (SSSR count). The van der Waals surface area contributed by atoms with Crippen LogP contribution < -0.4 is 0 Å². The fraction of sp³-hybridized carbons (Fsp3) is 0.737. The Bertz CT molecular complexity index is 537. The highest BCUT2D eigenvalue weighted by Gasteiger charge is 2.42. The Morgan fingerprint density at radius 2 is 2.17 bits per heavy atom. The predicted molar refractivity (Wildman–Crippen MR) is 90.1 cm³/mol. The van der Waals surface area contributed by atoms with Crippen LogP contribution >= 0.6 is 0 Å². The number of amides is 1. The Labute approximate surface area is 139 Å². The quantitative estimate of drug-likeness (QED) is 0.842. The molecule has 0 aromatic rings. The summed E-state index contributed by atoms with van der Waals surface area (Å²) in [5.74, 6) is 0. The van der Waals surface area contributed by atoms with Gasteiger partial charge in [0.15, 0.2) is 0 Å². The summed E-state index contributed by atoms with van der Waals surface area (Å²) in [6.45, 7) is 6.16. The smallest absolute Gasteiger partial charge is 0.410 e. The van der Waals surface area contributed by atoms with E-state index in [1.165, 1.54) is 36.8 Å².